The van der Waals surface area contributed by atoms with Crippen molar-refractivity contribution in [3.05, 3.63) is 84.5 Å². The van der Waals surface area contributed by atoms with E-state index in [4.69, 9.17) is 4.42 Å². The highest BCUT2D eigenvalue weighted by Crippen LogP contribution is 2.23. The van der Waals surface area contributed by atoms with Gasteiger partial charge in [0.25, 0.3) is 5.91 Å². The molecular weight excluding hydrogens is 340 g/mol. The van der Waals surface area contributed by atoms with Crippen molar-refractivity contribution in [2.45, 2.75) is 0 Å². The number of amides is 1. The number of H-pyrrole nitrogens is 1. The molecule has 6 nitrogen and oxygen atoms in total. The second-order valence-corrected chi connectivity index (χ2v) is 5.82. The Morgan fingerprint density at radius 1 is 1.07 bits per heavy atom. The van der Waals surface area contributed by atoms with Gasteiger partial charge in [-0.05, 0) is 47.2 Å². The minimum absolute atomic E-state index is 0.338. The summed E-state index contributed by atoms with van der Waals surface area (Å²) in [6.07, 6.45) is 6.47. The van der Waals surface area contributed by atoms with Crippen LogP contribution in [0.25, 0.3) is 28.1 Å². The Balaban J connectivity index is 1.42. The molecule has 2 heterocycles. The largest absolute Gasteiger partial charge is 0.465 e. The normalized spacial score (nSPS) is 11.6. The van der Waals surface area contributed by atoms with Crippen molar-refractivity contribution in [2.75, 3.05) is 0 Å². The number of aromatic amines is 1. The molecule has 0 unspecified atom stereocenters. The Bertz CT molecular complexity index is 1120. The summed E-state index contributed by atoms with van der Waals surface area (Å²) in [6, 6.07) is 19.5. The molecule has 0 bridgehead atoms. The summed E-state index contributed by atoms with van der Waals surface area (Å²) in [4.78, 5) is 12.2. The molecule has 0 aliphatic heterocycles. The number of carbonyl (C=O) groups excluding carboxylic acids is 1. The maximum Gasteiger partial charge on any atom is 0.289 e. The summed E-state index contributed by atoms with van der Waals surface area (Å²) >= 11 is 0. The van der Waals surface area contributed by atoms with E-state index in [2.05, 4.69) is 26.8 Å². The smallest absolute Gasteiger partial charge is 0.289 e. The van der Waals surface area contributed by atoms with E-state index in [0.29, 0.717) is 17.1 Å². The molecule has 6 heteroatoms. The fourth-order valence-electron chi connectivity index (χ4n) is 2.66. The molecule has 1 amide bonds. The first-order valence-corrected chi connectivity index (χ1v) is 8.38. The van der Waals surface area contributed by atoms with Gasteiger partial charge in [-0.2, -0.15) is 10.2 Å². The molecule has 2 N–H and O–H groups in total. The van der Waals surface area contributed by atoms with Gasteiger partial charge in [0.05, 0.1) is 12.0 Å². The number of carbonyl (C=O) groups is 1. The Kier molecular flexibility index (Phi) is 4.61. The number of allylic oxidation sites excluding steroid dienone is 1. The first kappa shape index (κ1) is 16.5. The monoisotopic (exact) mass is 356 g/mol. The summed E-state index contributed by atoms with van der Waals surface area (Å²) in [5.41, 5.74) is 4.43. The van der Waals surface area contributed by atoms with E-state index in [1.165, 1.54) is 6.21 Å². The van der Waals surface area contributed by atoms with E-state index in [-0.39, 0.29) is 5.91 Å². The van der Waals surface area contributed by atoms with Crippen molar-refractivity contribution in [1.29, 1.82) is 0 Å². The number of nitrogens with one attached hydrogen (secondary N) is 2. The molecule has 0 atom stereocenters. The lowest BCUT2D eigenvalue weighted by Gasteiger charge is -2.00. The SMILES string of the molecule is O=C(N/N=C/C=C/c1ccco1)c1cc(-c2ccc3ccccc3c2)n[nH]1. The third-order valence-corrected chi connectivity index (χ3v) is 4.00. The lowest BCUT2D eigenvalue weighted by atomic mass is 10.1. The first-order valence-electron chi connectivity index (χ1n) is 8.38. The summed E-state index contributed by atoms with van der Waals surface area (Å²) in [5.74, 6) is 0.346. The lowest BCUT2D eigenvalue weighted by molar-refractivity contribution is 0.0950. The molecule has 4 aromatic rings. The zero-order valence-electron chi connectivity index (χ0n) is 14.3. The average molecular weight is 356 g/mol. The second-order valence-electron chi connectivity index (χ2n) is 5.82. The van der Waals surface area contributed by atoms with Gasteiger partial charge < -0.3 is 4.42 Å². The molecule has 2 aromatic heterocycles. The van der Waals surface area contributed by atoms with Crippen molar-refractivity contribution in [3.8, 4) is 11.3 Å². The average Bonchev–Trinajstić information content (AvgIpc) is 3.39. The van der Waals surface area contributed by atoms with E-state index in [1.54, 1.807) is 30.5 Å². The number of fused-ring (bicyclic) bond motifs is 1. The van der Waals surface area contributed by atoms with Crippen molar-refractivity contribution >= 4 is 29.0 Å². The number of furan rings is 1. The molecule has 0 saturated carbocycles. The fraction of sp³-hybridized carbons (Fsp3) is 0. The van der Waals surface area contributed by atoms with Crippen LogP contribution in [0.2, 0.25) is 0 Å². The summed E-state index contributed by atoms with van der Waals surface area (Å²) in [5, 5.41) is 13.1. The number of benzene rings is 2. The number of hydrogen-bond donors (Lipinski definition) is 2. The molecule has 27 heavy (non-hydrogen) atoms. The molecule has 0 spiro atoms. The molecule has 2 aromatic carbocycles. The summed E-state index contributed by atoms with van der Waals surface area (Å²) in [6.45, 7) is 0. The molecule has 0 radical (unpaired) electrons. The van der Waals surface area contributed by atoms with Crippen LogP contribution in [0.3, 0.4) is 0 Å². The van der Waals surface area contributed by atoms with Crippen LogP contribution in [0.15, 0.2) is 82.5 Å². The second kappa shape index (κ2) is 7.53. The number of aromatic nitrogens is 2. The zero-order chi connectivity index (χ0) is 18.5. The van der Waals surface area contributed by atoms with Crippen LogP contribution in [0.1, 0.15) is 16.2 Å². The standard InChI is InChI=1S/C21H16N4O2/c26-21(25-22-11-3-7-18-8-4-12-27-18)20-14-19(23-24-20)17-10-9-15-5-1-2-6-16(15)13-17/h1-14H,(H,23,24)(H,25,26)/b7-3+,22-11+. The van der Waals surface area contributed by atoms with Crippen LogP contribution in [0, 0.1) is 0 Å². The van der Waals surface area contributed by atoms with Crippen LogP contribution in [0.5, 0.6) is 0 Å². The Hall–Kier alpha value is -3.93. The molecule has 0 fully saturated rings. The number of hydrazone groups is 1. The van der Waals surface area contributed by atoms with Gasteiger partial charge >= 0.3 is 0 Å². The maximum atomic E-state index is 12.2. The highest BCUT2D eigenvalue weighted by Gasteiger charge is 2.10. The number of nitrogens with zero attached hydrogens (tertiary/aromatic N) is 2. The molecule has 4 rings (SSSR count). The highest BCUT2D eigenvalue weighted by atomic mass is 16.3. The lowest BCUT2D eigenvalue weighted by Crippen LogP contribution is -2.17. The van der Waals surface area contributed by atoms with Crippen LogP contribution in [-0.4, -0.2) is 22.3 Å². The van der Waals surface area contributed by atoms with Gasteiger partial charge in [-0.3, -0.25) is 9.89 Å². The van der Waals surface area contributed by atoms with E-state index in [1.807, 2.05) is 42.5 Å². The Labute approximate surface area is 155 Å². The number of rotatable bonds is 5. The van der Waals surface area contributed by atoms with E-state index >= 15 is 0 Å². The topological polar surface area (TPSA) is 83.3 Å². The van der Waals surface area contributed by atoms with Crippen LogP contribution in [-0.2, 0) is 0 Å². The van der Waals surface area contributed by atoms with Crippen LogP contribution >= 0.6 is 0 Å². The maximum absolute atomic E-state index is 12.2. The minimum Gasteiger partial charge on any atom is -0.465 e. The predicted molar refractivity (Wildman–Crippen MR) is 105 cm³/mol. The van der Waals surface area contributed by atoms with Crippen LogP contribution in [0.4, 0.5) is 0 Å². The number of hydrogen-bond acceptors (Lipinski definition) is 4. The van der Waals surface area contributed by atoms with Crippen molar-refractivity contribution < 1.29 is 9.21 Å². The molecule has 132 valence electrons. The molecule has 0 aliphatic rings. The Morgan fingerprint density at radius 2 is 1.96 bits per heavy atom. The van der Waals surface area contributed by atoms with Crippen molar-refractivity contribution in [1.82, 2.24) is 15.6 Å². The van der Waals surface area contributed by atoms with E-state index < -0.39 is 0 Å². The third-order valence-electron chi connectivity index (χ3n) is 4.00. The van der Waals surface area contributed by atoms with Crippen molar-refractivity contribution in [3.63, 3.8) is 0 Å². The summed E-state index contributed by atoms with van der Waals surface area (Å²) in [7, 11) is 0. The zero-order valence-corrected chi connectivity index (χ0v) is 14.3. The van der Waals surface area contributed by atoms with Gasteiger partial charge in [-0.15, -0.1) is 0 Å². The summed E-state index contributed by atoms with van der Waals surface area (Å²) < 4.78 is 5.15. The van der Waals surface area contributed by atoms with Crippen LogP contribution < -0.4 is 5.43 Å². The van der Waals surface area contributed by atoms with E-state index in [9.17, 15) is 4.79 Å². The van der Waals surface area contributed by atoms with Gasteiger partial charge in [-0.25, -0.2) is 5.43 Å². The van der Waals surface area contributed by atoms with E-state index in [0.717, 1.165) is 16.3 Å². The molecule has 0 saturated heterocycles. The molecular formula is C21H16N4O2. The van der Waals surface area contributed by atoms with Gasteiger partial charge in [0.2, 0.25) is 0 Å². The first-order chi connectivity index (χ1) is 13.3. The van der Waals surface area contributed by atoms with Gasteiger partial charge in [0.1, 0.15) is 11.5 Å². The van der Waals surface area contributed by atoms with Gasteiger partial charge in [0, 0.05) is 11.8 Å². The van der Waals surface area contributed by atoms with Gasteiger partial charge in [0.15, 0.2) is 0 Å². The quantitative estimate of drug-likeness (QED) is 0.414. The Morgan fingerprint density at radius 3 is 2.81 bits per heavy atom. The molecule has 0 aliphatic carbocycles. The highest BCUT2D eigenvalue weighted by molar-refractivity contribution is 5.94. The third kappa shape index (κ3) is 3.85. The van der Waals surface area contributed by atoms with Gasteiger partial charge in [-0.1, -0.05) is 36.4 Å². The minimum atomic E-state index is -0.364. The van der Waals surface area contributed by atoms with Crippen molar-refractivity contribution in [2.24, 2.45) is 5.10 Å². The fourth-order valence-corrected chi connectivity index (χ4v) is 2.66. The predicted octanol–water partition coefficient (Wildman–Crippen LogP) is 4.25.